The minimum atomic E-state index is 0.922. The van der Waals surface area contributed by atoms with Gasteiger partial charge in [0.15, 0.2) is 0 Å². The molecule has 0 N–H and O–H groups in total. The number of allylic oxidation sites excluding steroid dienone is 2. The highest BCUT2D eigenvalue weighted by atomic mass is 14.3. The van der Waals surface area contributed by atoms with Crippen molar-refractivity contribution in [1.82, 2.24) is 0 Å². The highest BCUT2D eigenvalue weighted by Gasteiger charge is 2.14. The van der Waals surface area contributed by atoms with Gasteiger partial charge in [-0.3, -0.25) is 0 Å². The number of benzene rings is 1. The molecule has 1 aromatic rings. The van der Waals surface area contributed by atoms with E-state index in [1.54, 1.807) is 0 Å². The molecule has 0 heterocycles. The van der Waals surface area contributed by atoms with Gasteiger partial charge in [0.1, 0.15) is 0 Å². The zero-order valence-electron chi connectivity index (χ0n) is 9.09. The van der Waals surface area contributed by atoms with Crippen LogP contribution in [0.3, 0.4) is 0 Å². The monoisotopic (exact) mass is 197 g/mol. The maximum absolute atomic E-state index is 9.26. The van der Waals surface area contributed by atoms with Crippen molar-refractivity contribution < 1.29 is 0 Å². The van der Waals surface area contributed by atoms with Crippen LogP contribution in [-0.4, -0.2) is 0 Å². The topological polar surface area (TPSA) is 23.8 Å². The van der Waals surface area contributed by atoms with Crippen LogP contribution >= 0.6 is 0 Å². The molecule has 0 radical (unpaired) electrons. The molecular weight excluding hydrogens is 182 g/mol. The van der Waals surface area contributed by atoms with Crippen LogP contribution in [0, 0.1) is 18.3 Å². The van der Waals surface area contributed by atoms with Crippen molar-refractivity contribution in [1.29, 1.82) is 5.26 Å². The van der Waals surface area contributed by atoms with Crippen LogP contribution in [0.1, 0.15) is 36.8 Å². The van der Waals surface area contributed by atoms with E-state index in [-0.39, 0.29) is 0 Å². The predicted octanol–water partition coefficient (Wildman–Crippen LogP) is 3.85. The number of aryl methyl sites for hydroxylation is 1. The van der Waals surface area contributed by atoms with Gasteiger partial charge in [0.25, 0.3) is 0 Å². The molecule has 0 amide bonds. The smallest absolute Gasteiger partial charge is 0.0997 e. The van der Waals surface area contributed by atoms with Crippen LogP contribution in [0.25, 0.3) is 5.57 Å². The minimum Gasteiger partial charge on any atom is -0.192 e. The fraction of sp³-hybridized carbons (Fsp3) is 0.357. The van der Waals surface area contributed by atoms with Gasteiger partial charge < -0.3 is 0 Å². The minimum absolute atomic E-state index is 0.922. The maximum Gasteiger partial charge on any atom is 0.0997 e. The van der Waals surface area contributed by atoms with E-state index in [0.717, 1.165) is 24.0 Å². The Morgan fingerprint density at radius 3 is 2.47 bits per heavy atom. The third-order valence-electron chi connectivity index (χ3n) is 3.09. The van der Waals surface area contributed by atoms with Crippen molar-refractivity contribution in [3.63, 3.8) is 0 Å². The summed E-state index contributed by atoms with van der Waals surface area (Å²) in [6, 6.07) is 10.5. The van der Waals surface area contributed by atoms with Crippen LogP contribution in [-0.2, 0) is 0 Å². The molecule has 0 atom stereocenters. The summed E-state index contributed by atoms with van der Waals surface area (Å²) < 4.78 is 0. The largest absolute Gasteiger partial charge is 0.192 e. The zero-order chi connectivity index (χ0) is 10.7. The number of nitriles is 1. The van der Waals surface area contributed by atoms with E-state index in [2.05, 4.69) is 25.1 Å². The molecule has 1 aliphatic rings. The van der Waals surface area contributed by atoms with E-state index in [4.69, 9.17) is 0 Å². The third-order valence-corrected chi connectivity index (χ3v) is 3.09. The first-order chi connectivity index (χ1) is 7.33. The molecule has 0 aromatic heterocycles. The van der Waals surface area contributed by atoms with Gasteiger partial charge in [0, 0.05) is 0 Å². The Labute approximate surface area is 91.0 Å². The van der Waals surface area contributed by atoms with Crippen molar-refractivity contribution in [2.24, 2.45) is 0 Å². The summed E-state index contributed by atoms with van der Waals surface area (Å²) in [5.41, 5.74) is 4.60. The van der Waals surface area contributed by atoms with E-state index in [1.165, 1.54) is 24.0 Å². The predicted molar refractivity (Wildman–Crippen MR) is 62.2 cm³/mol. The summed E-state index contributed by atoms with van der Waals surface area (Å²) in [5.74, 6) is 0. The van der Waals surface area contributed by atoms with Crippen LogP contribution < -0.4 is 0 Å². The Kier molecular flexibility index (Phi) is 2.87. The number of hydrogen-bond donors (Lipinski definition) is 0. The molecule has 1 saturated carbocycles. The molecule has 0 spiro atoms. The lowest BCUT2D eigenvalue weighted by molar-refractivity contribution is 0.886. The summed E-state index contributed by atoms with van der Waals surface area (Å²) in [5, 5.41) is 9.26. The van der Waals surface area contributed by atoms with Crippen LogP contribution in [0.15, 0.2) is 29.8 Å². The first-order valence-electron chi connectivity index (χ1n) is 5.51. The Bertz CT molecular complexity index is 427. The molecule has 1 nitrogen and oxygen atoms in total. The molecule has 15 heavy (non-hydrogen) atoms. The first kappa shape index (κ1) is 9.98. The first-order valence-corrected chi connectivity index (χ1v) is 5.51. The lowest BCUT2D eigenvalue weighted by atomic mass is 9.96. The SMILES string of the molecule is Cc1ccccc1C(C#N)=C1CCCC1. The molecule has 0 aliphatic heterocycles. The fourth-order valence-corrected chi connectivity index (χ4v) is 2.23. The molecule has 1 heteroatoms. The van der Waals surface area contributed by atoms with Gasteiger partial charge in [0.2, 0.25) is 0 Å². The normalized spacial score (nSPS) is 15.1. The van der Waals surface area contributed by atoms with E-state index >= 15 is 0 Å². The van der Waals surface area contributed by atoms with Gasteiger partial charge >= 0.3 is 0 Å². The van der Waals surface area contributed by atoms with Crippen molar-refractivity contribution in [2.45, 2.75) is 32.6 Å². The highest BCUT2D eigenvalue weighted by Crippen LogP contribution is 2.32. The van der Waals surface area contributed by atoms with Gasteiger partial charge in [-0.1, -0.05) is 29.8 Å². The summed E-state index contributed by atoms with van der Waals surface area (Å²) in [7, 11) is 0. The van der Waals surface area contributed by atoms with E-state index in [1.807, 2.05) is 12.1 Å². The second-order valence-electron chi connectivity index (χ2n) is 4.11. The van der Waals surface area contributed by atoms with E-state index in [9.17, 15) is 5.26 Å². The summed E-state index contributed by atoms with van der Waals surface area (Å²) in [6.07, 6.45) is 4.70. The average molecular weight is 197 g/mol. The lowest BCUT2D eigenvalue weighted by Gasteiger charge is -2.06. The quantitative estimate of drug-likeness (QED) is 0.627. The molecule has 76 valence electrons. The average Bonchev–Trinajstić information content (AvgIpc) is 2.75. The van der Waals surface area contributed by atoms with Crippen molar-refractivity contribution in [3.8, 4) is 6.07 Å². The molecule has 0 saturated heterocycles. The number of nitrogens with zero attached hydrogens (tertiary/aromatic N) is 1. The fourth-order valence-electron chi connectivity index (χ4n) is 2.23. The lowest BCUT2D eigenvalue weighted by Crippen LogP contribution is -1.90. The zero-order valence-corrected chi connectivity index (χ0v) is 9.09. The van der Waals surface area contributed by atoms with Crippen LogP contribution in [0.5, 0.6) is 0 Å². The number of rotatable bonds is 1. The van der Waals surface area contributed by atoms with Crippen molar-refractivity contribution in [2.75, 3.05) is 0 Å². The highest BCUT2D eigenvalue weighted by molar-refractivity contribution is 5.81. The van der Waals surface area contributed by atoms with Crippen LogP contribution in [0.4, 0.5) is 0 Å². The van der Waals surface area contributed by atoms with Crippen molar-refractivity contribution in [3.05, 3.63) is 41.0 Å². The Hall–Kier alpha value is -1.55. The van der Waals surface area contributed by atoms with E-state index < -0.39 is 0 Å². The molecule has 0 bridgehead atoms. The molecule has 1 fully saturated rings. The van der Waals surface area contributed by atoms with Crippen molar-refractivity contribution >= 4 is 5.57 Å². The summed E-state index contributed by atoms with van der Waals surface area (Å²) in [4.78, 5) is 0. The summed E-state index contributed by atoms with van der Waals surface area (Å²) >= 11 is 0. The Balaban J connectivity index is 2.49. The molecule has 0 unspecified atom stereocenters. The maximum atomic E-state index is 9.26. The van der Waals surface area contributed by atoms with Gasteiger partial charge in [-0.2, -0.15) is 5.26 Å². The van der Waals surface area contributed by atoms with Gasteiger partial charge in [-0.25, -0.2) is 0 Å². The van der Waals surface area contributed by atoms with Crippen LogP contribution in [0.2, 0.25) is 0 Å². The van der Waals surface area contributed by atoms with E-state index in [0.29, 0.717) is 0 Å². The Morgan fingerprint density at radius 2 is 1.87 bits per heavy atom. The number of hydrogen-bond acceptors (Lipinski definition) is 1. The van der Waals surface area contributed by atoms with Gasteiger partial charge in [-0.15, -0.1) is 0 Å². The Morgan fingerprint density at radius 1 is 1.20 bits per heavy atom. The van der Waals surface area contributed by atoms with Gasteiger partial charge in [0.05, 0.1) is 11.6 Å². The third kappa shape index (κ3) is 1.94. The molecule has 1 aromatic carbocycles. The van der Waals surface area contributed by atoms with Gasteiger partial charge in [-0.05, 0) is 43.7 Å². The summed E-state index contributed by atoms with van der Waals surface area (Å²) in [6.45, 7) is 2.07. The molecule has 1 aliphatic carbocycles. The second kappa shape index (κ2) is 4.31. The second-order valence-corrected chi connectivity index (χ2v) is 4.11. The molecular formula is C14H15N. The molecule has 2 rings (SSSR count). The standard InChI is InChI=1S/C14H15N/c1-11-6-2-5-9-13(11)14(10-15)12-7-3-4-8-12/h2,5-6,9H,3-4,7-8H2,1H3.